The number of rotatable bonds is 32. The maximum absolute atomic E-state index is 14.5. The van der Waals surface area contributed by atoms with E-state index >= 15 is 0 Å². The first-order valence-corrected chi connectivity index (χ1v) is 43.4. The van der Waals surface area contributed by atoms with Crippen LogP contribution in [0.25, 0.3) is 33.1 Å². The van der Waals surface area contributed by atoms with Crippen LogP contribution < -0.4 is 68.5 Å². The summed E-state index contributed by atoms with van der Waals surface area (Å²) in [6, 6.07) is 8.09. The van der Waals surface area contributed by atoms with Crippen molar-refractivity contribution in [3.05, 3.63) is 136 Å². The van der Waals surface area contributed by atoms with Crippen LogP contribution in [-0.4, -0.2) is 220 Å². The maximum atomic E-state index is 14.5. The van der Waals surface area contributed by atoms with Gasteiger partial charge in [-0.15, -0.1) is 0 Å². The number of aromatic nitrogens is 15. The fourth-order valence-corrected chi connectivity index (χ4v) is 19.2. The highest BCUT2D eigenvalue weighted by molar-refractivity contribution is 7.48. The molecule has 6 aliphatic rings. The first-order valence-electron chi connectivity index (χ1n) is 35.9. The molecule has 15 rings (SSSR count). The Kier molecular flexibility index (Phi) is 24.3. The number of aromatic amines is 3. The topological polar surface area (TPSA) is 787 Å². The lowest BCUT2D eigenvalue weighted by Gasteiger charge is -2.26. The molecule has 60 heteroatoms. The number of aliphatic hydroxyl groups is 2. The van der Waals surface area contributed by atoms with Crippen LogP contribution >= 0.6 is 39.1 Å². The van der Waals surface area contributed by atoms with Crippen molar-refractivity contribution in [3.8, 4) is 0 Å². The summed E-state index contributed by atoms with van der Waals surface area (Å²) in [5.41, 5.74) is 29.7. The van der Waals surface area contributed by atoms with Crippen LogP contribution in [0.3, 0.4) is 0 Å². The molecule has 0 aromatic carbocycles. The third kappa shape index (κ3) is 19.1. The number of phosphoric acid groups is 5. The van der Waals surface area contributed by atoms with Crippen molar-refractivity contribution in [1.29, 1.82) is 0 Å². The van der Waals surface area contributed by atoms with Gasteiger partial charge in [0.2, 0.25) is 0 Å². The van der Waals surface area contributed by atoms with Gasteiger partial charge in [-0.25, -0.2) is 51.6 Å². The Hall–Kier alpha value is -9.07. The molecule has 6 aliphatic heterocycles. The molecular formula is C60H76N21O34P5. The summed E-state index contributed by atoms with van der Waals surface area (Å²) in [5, 5.41) is 21.9. The number of aliphatic hydroxyl groups excluding tert-OH is 2. The van der Waals surface area contributed by atoms with Gasteiger partial charge >= 0.3 is 73.3 Å². The largest absolute Gasteiger partial charge is 0.472 e. The molecule has 55 nitrogen and oxygen atoms in total. The van der Waals surface area contributed by atoms with Gasteiger partial charge < -0.3 is 111 Å². The fraction of sp³-hybridized carbons (Fsp3) is 0.500. The number of nitrogen functional groups attached to an aromatic ring is 6. The minimum atomic E-state index is -5.63. The SMILES string of the molecule is Nc1ccn([C@H]2C[C@H](OP(=O)(O)OC[C@H]3O[C@@H](n4ccc5c(N)[nH]c(=O)nc54)C[C@@H]3OP(=O)(O)OC[C@H]3O[C@@H](n4ccc(N)nc4=O)C[C@@H]3OP(=O)(O)OC[C@H]3O[C@@H](n4ccc5c(N)[nH]c(=O)nc54)C[C@@H]3OP(=O)(O)OC[C@H]3O[C@@H](n4ccc(N)nc4=O)C[C@@H]3O)[C@@H](COP(=O)(O)O[C@H]3C[C@H](n4ccc5c(N)[nH]c(=O)nc54)O[C@@H]3CO)O2)c(=O)n1. The Morgan fingerprint density at radius 3 is 0.858 bits per heavy atom. The van der Waals surface area contributed by atoms with E-state index in [1.807, 2.05) is 0 Å². The highest BCUT2D eigenvalue weighted by Gasteiger charge is 2.51. The normalized spacial score (nSPS) is 29.7. The minimum absolute atomic E-state index is 0.0135. The van der Waals surface area contributed by atoms with Crippen LogP contribution in [0, 0.1) is 0 Å². The molecule has 0 amide bonds. The number of anilines is 6. The van der Waals surface area contributed by atoms with Crippen LogP contribution in [-0.2, 0) is 96.5 Å². The van der Waals surface area contributed by atoms with Gasteiger partial charge in [-0.3, -0.25) is 73.9 Å². The first kappa shape index (κ1) is 85.9. The van der Waals surface area contributed by atoms with E-state index in [1.165, 1.54) is 74.9 Å². The standard InChI is InChI=1S/C60H76N21O34P5/c61-40-4-10-79(58(87)67-40)43-13-28(83)35(106-43)20-100-116(90,91)112-30-15-45(77-8-2-26-50(65)71-56(85)74-53(26)77)107-36(30)21-102-119(96,97)115-33-18-48(81-12-6-42(63)69-60(81)89)110-39(33)24-104-118(94,95)113-31-16-46(78-9-3-27-51(66)72-57(86)75-54(27)78)108-37(31)22-103-120(98,99)114-32-17-47(80-11-5-41(62)68-59(80)88)109-38(32)23-101-117(92,93)111-29-14-44(105-34(29)19-82)76-7-1-25-49(64)70-55(84)73-52(25)76/h1-12,28-39,43-48,82-83H,13-24H2,(H,90,91)(H,92,93)(H,94,95)(H,96,97)(H,98,99)(H2,61,67,87)(H2,62,68,88)(H2,63,69,89)(H3,64,70,73,84)(H3,65,71,74,85)(H3,66,72,75,86)/t28-,29-,30-,31-,32-,33-,34+,35+,36+,37+,38+,39+,43+,44+,45+,46+,47+,48+/m0/s1. The van der Waals surface area contributed by atoms with Crippen LogP contribution in [0.2, 0.25) is 0 Å². The summed E-state index contributed by atoms with van der Waals surface area (Å²) in [7, 11) is -27.4. The smallest absolute Gasteiger partial charge is 0.394 e. The van der Waals surface area contributed by atoms with E-state index in [9.17, 15) is 86.3 Å². The number of ether oxygens (including phenoxy) is 6. The van der Waals surface area contributed by atoms with Crippen molar-refractivity contribution in [3.63, 3.8) is 0 Å². The number of nitrogens with one attached hydrogen (secondary N) is 3. The summed E-state index contributed by atoms with van der Waals surface area (Å²) in [5.74, 6) is -0.796. The predicted octanol–water partition coefficient (Wildman–Crippen LogP) is -1.95. The molecular weight excluding hydrogens is 1710 g/mol. The zero-order chi connectivity index (χ0) is 85.4. The van der Waals surface area contributed by atoms with Crippen LogP contribution in [0.5, 0.6) is 0 Å². The first-order chi connectivity index (χ1) is 56.8. The van der Waals surface area contributed by atoms with Crippen molar-refractivity contribution in [2.45, 2.75) is 149 Å². The summed E-state index contributed by atoms with van der Waals surface area (Å²) in [4.78, 5) is 164. The molecule has 0 bridgehead atoms. The van der Waals surface area contributed by atoms with Crippen LogP contribution in [0.1, 0.15) is 75.9 Å². The Morgan fingerprint density at radius 2 is 0.583 bits per heavy atom. The van der Waals surface area contributed by atoms with Gasteiger partial charge in [-0.2, -0.15) is 29.9 Å². The number of fused-ring (bicyclic) bond motifs is 3. The average Bonchev–Trinajstić information content (AvgIpc) is 1.63. The lowest BCUT2D eigenvalue weighted by Crippen LogP contribution is -2.32. The Bertz CT molecular complexity index is 6000. The van der Waals surface area contributed by atoms with E-state index in [1.54, 1.807) is 0 Å². The monoisotopic (exact) mass is 1790 g/mol. The van der Waals surface area contributed by atoms with E-state index in [0.717, 1.165) is 26.1 Å². The third-order valence-electron chi connectivity index (χ3n) is 19.9. The Balaban J connectivity index is 0.632. The van der Waals surface area contributed by atoms with Gasteiger partial charge in [0.05, 0.1) is 61.9 Å². The second-order valence-corrected chi connectivity index (χ2v) is 34.9. The van der Waals surface area contributed by atoms with E-state index < -0.39 is 249 Å². The maximum Gasteiger partial charge on any atom is 0.472 e. The average molecular weight is 1790 g/mol. The minimum Gasteiger partial charge on any atom is -0.394 e. The molecule has 22 N–H and O–H groups in total. The molecule has 9 aromatic heterocycles. The molecule has 5 unspecified atom stereocenters. The third-order valence-corrected chi connectivity index (χ3v) is 25.0. The van der Waals surface area contributed by atoms with Crippen molar-refractivity contribution in [2.75, 3.05) is 74.0 Å². The molecule has 0 spiro atoms. The molecule has 15 heterocycles. The molecule has 23 atom stereocenters. The molecule has 120 heavy (non-hydrogen) atoms. The van der Waals surface area contributed by atoms with Gasteiger partial charge in [0.1, 0.15) is 139 Å². The zero-order valence-corrected chi connectivity index (χ0v) is 66.0. The summed E-state index contributed by atoms with van der Waals surface area (Å²) in [6.45, 7) is -5.85. The summed E-state index contributed by atoms with van der Waals surface area (Å²) >= 11 is 0. The van der Waals surface area contributed by atoms with E-state index in [4.69, 9.17) is 108 Å². The van der Waals surface area contributed by atoms with Crippen molar-refractivity contribution in [1.82, 2.24) is 72.3 Å². The zero-order valence-electron chi connectivity index (χ0n) is 61.5. The molecule has 9 aromatic rings. The number of hydrogen-bond acceptors (Lipinski definition) is 41. The summed E-state index contributed by atoms with van der Waals surface area (Å²) in [6.07, 6.45) is -21.5. The summed E-state index contributed by atoms with van der Waals surface area (Å²) < 4.78 is 169. The number of phosphoric ester groups is 5. The van der Waals surface area contributed by atoms with E-state index in [2.05, 4.69) is 44.9 Å². The second kappa shape index (κ2) is 34.0. The highest BCUT2D eigenvalue weighted by atomic mass is 31.2. The van der Waals surface area contributed by atoms with Gasteiger partial charge in [0.15, 0.2) is 16.9 Å². The molecule has 0 aliphatic carbocycles. The van der Waals surface area contributed by atoms with Gasteiger partial charge in [-0.05, 0) is 36.4 Å². The fourth-order valence-electron chi connectivity index (χ4n) is 14.4. The van der Waals surface area contributed by atoms with E-state index in [0.29, 0.717) is 5.39 Å². The lowest BCUT2D eigenvalue weighted by atomic mass is 10.2. The van der Waals surface area contributed by atoms with Crippen molar-refractivity contribution in [2.24, 2.45) is 0 Å². The highest BCUT2D eigenvalue weighted by Crippen LogP contribution is 2.57. The molecule has 0 radical (unpaired) electrons. The van der Waals surface area contributed by atoms with Gasteiger partial charge in [0, 0.05) is 75.7 Å². The van der Waals surface area contributed by atoms with Crippen molar-refractivity contribution < 1.29 is 131 Å². The second-order valence-electron chi connectivity index (χ2n) is 27.9. The van der Waals surface area contributed by atoms with Crippen molar-refractivity contribution >= 4 is 107 Å². The van der Waals surface area contributed by atoms with Crippen LogP contribution in [0.15, 0.2) is 102 Å². The van der Waals surface area contributed by atoms with E-state index in [-0.39, 0.29) is 75.5 Å². The molecule has 6 fully saturated rings. The van der Waals surface area contributed by atoms with Gasteiger partial charge in [-0.1, -0.05) is 0 Å². The molecule has 0 saturated carbocycles. The quantitative estimate of drug-likeness (QED) is 0.0204. The lowest BCUT2D eigenvalue weighted by molar-refractivity contribution is -0.0648. The number of H-pyrrole nitrogens is 3. The Labute approximate surface area is 667 Å². The molecule has 650 valence electrons. The Morgan fingerprint density at radius 1 is 0.350 bits per heavy atom. The predicted molar refractivity (Wildman–Crippen MR) is 401 cm³/mol. The van der Waals surface area contributed by atoms with Gasteiger partial charge in [0.25, 0.3) is 0 Å². The van der Waals surface area contributed by atoms with Crippen LogP contribution in [0.4, 0.5) is 34.9 Å². The number of nitrogens with two attached hydrogens (primary N) is 6. The molecule has 6 saturated heterocycles. The number of nitrogens with zero attached hydrogens (tertiary/aromatic N) is 12. The number of hydrogen-bond donors (Lipinski definition) is 16.